The van der Waals surface area contributed by atoms with E-state index < -0.39 is 33.8 Å². The molecule has 1 aromatic carbocycles. The van der Waals surface area contributed by atoms with Gasteiger partial charge in [0.1, 0.15) is 11.5 Å². The summed E-state index contributed by atoms with van der Waals surface area (Å²) in [5.41, 5.74) is 1.48. The van der Waals surface area contributed by atoms with Crippen LogP contribution in [0.15, 0.2) is 41.4 Å². The van der Waals surface area contributed by atoms with Gasteiger partial charge < -0.3 is 24.1 Å². The van der Waals surface area contributed by atoms with Crippen molar-refractivity contribution in [3.05, 3.63) is 53.6 Å². The number of nitrogens with zero attached hydrogens (tertiary/aromatic N) is 3. The van der Waals surface area contributed by atoms with Crippen molar-refractivity contribution in [1.29, 1.82) is 0 Å². The first kappa shape index (κ1) is 24.6. The molecule has 0 radical (unpaired) electrons. The van der Waals surface area contributed by atoms with Gasteiger partial charge >= 0.3 is 6.09 Å². The minimum atomic E-state index is -3.49. The Morgan fingerprint density at radius 3 is 2.71 bits per heavy atom. The highest BCUT2D eigenvalue weighted by Gasteiger charge is 2.28. The van der Waals surface area contributed by atoms with Crippen molar-refractivity contribution in [2.45, 2.75) is 17.4 Å². The normalized spacial score (nSPS) is 16.3. The average molecular weight is 505 g/mol. The van der Waals surface area contributed by atoms with E-state index in [1.165, 1.54) is 43.3 Å². The number of methoxy groups -OCH3 is 1. The van der Waals surface area contributed by atoms with Crippen molar-refractivity contribution < 1.29 is 31.9 Å². The van der Waals surface area contributed by atoms with Crippen LogP contribution in [0.25, 0.3) is 16.9 Å². The summed E-state index contributed by atoms with van der Waals surface area (Å²) in [5, 5.41) is 2.45. The van der Waals surface area contributed by atoms with Gasteiger partial charge in [-0.25, -0.2) is 22.6 Å². The molecule has 10 nitrogen and oxygen atoms in total. The Balaban J connectivity index is 1.81. The molecule has 1 fully saturated rings. The molecule has 1 saturated heterocycles. The standard InChI is InChI=1S/C23H25FN4O6S/c1-25-22(29)14-4-5-17(18(24)10-14)21-19(11-15-13-27(8-9-34-15)23(30)33-2)28-7-6-16(35(3,31)32)12-20(28)26-21/h4-7,10,12,15H,8-9,11,13H2,1-3H3,(H,25,29)/t15-/m0/s1. The van der Waals surface area contributed by atoms with Crippen LogP contribution in [0.2, 0.25) is 0 Å². The summed E-state index contributed by atoms with van der Waals surface area (Å²) in [7, 11) is -0.731. The molecule has 2 amide bonds. The number of hydrogen-bond donors (Lipinski definition) is 1. The number of hydrogen-bond acceptors (Lipinski definition) is 7. The second-order valence-electron chi connectivity index (χ2n) is 8.16. The number of fused-ring (bicyclic) bond motifs is 1. The third-order valence-electron chi connectivity index (χ3n) is 5.83. The number of imidazole rings is 1. The summed E-state index contributed by atoms with van der Waals surface area (Å²) >= 11 is 0. The van der Waals surface area contributed by atoms with E-state index in [1.807, 2.05) is 0 Å². The number of morpholine rings is 1. The topological polar surface area (TPSA) is 119 Å². The van der Waals surface area contributed by atoms with Crippen LogP contribution in [0.4, 0.5) is 9.18 Å². The Labute approximate surface area is 201 Å². The number of rotatable bonds is 5. The smallest absolute Gasteiger partial charge is 0.409 e. The van der Waals surface area contributed by atoms with Crippen LogP contribution in [0.1, 0.15) is 16.1 Å². The van der Waals surface area contributed by atoms with Gasteiger partial charge in [0.2, 0.25) is 0 Å². The first-order valence-electron chi connectivity index (χ1n) is 10.8. The molecular formula is C23H25FN4O6S. The average Bonchev–Trinajstić information content (AvgIpc) is 3.19. The Hall–Kier alpha value is -3.51. The molecule has 1 aliphatic rings. The lowest BCUT2D eigenvalue weighted by molar-refractivity contribution is -0.0241. The molecule has 0 bridgehead atoms. The number of halogens is 1. The van der Waals surface area contributed by atoms with Gasteiger partial charge in [-0.3, -0.25) is 4.79 Å². The lowest BCUT2D eigenvalue weighted by Gasteiger charge is -2.32. The second kappa shape index (κ2) is 9.62. The maximum Gasteiger partial charge on any atom is 0.409 e. The summed E-state index contributed by atoms with van der Waals surface area (Å²) in [5.74, 6) is -1.08. The highest BCUT2D eigenvalue weighted by molar-refractivity contribution is 7.90. The minimum absolute atomic E-state index is 0.0781. The van der Waals surface area contributed by atoms with Crippen LogP contribution in [0.3, 0.4) is 0 Å². The molecule has 12 heteroatoms. The third-order valence-corrected chi connectivity index (χ3v) is 6.94. The molecule has 3 aromatic rings. The molecule has 0 aliphatic carbocycles. The van der Waals surface area contributed by atoms with Crippen molar-refractivity contribution >= 4 is 27.5 Å². The van der Waals surface area contributed by atoms with E-state index in [9.17, 15) is 18.0 Å². The van der Waals surface area contributed by atoms with Crippen molar-refractivity contribution in [2.75, 3.05) is 40.1 Å². The predicted molar refractivity (Wildman–Crippen MR) is 125 cm³/mol. The van der Waals surface area contributed by atoms with E-state index in [4.69, 9.17) is 9.47 Å². The Morgan fingerprint density at radius 1 is 1.29 bits per heavy atom. The SMILES string of the molecule is CNC(=O)c1ccc(-c2nc3cc(S(C)(=O)=O)ccn3c2C[C@H]2CN(C(=O)OC)CCO2)c(F)c1. The van der Waals surface area contributed by atoms with E-state index >= 15 is 4.39 Å². The first-order valence-corrected chi connectivity index (χ1v) is 12.7. The number of sulfone groups is 1. The molecule has 0 saturated carbocycles. The van der Waals surface area contributed by atoms with Crippen molar-refractivity contribution in [3.8, 4) is 11.3 Å². The molecule has 0 unspecified atom stereocenters. The fraction of sp³-hybridized carbons (Fsp3) is 0.348. The molecule has 1 atom stereocenters. The molecule has 2 aromatic heterocycles. The quantitative estimate of drug-likeness (QED) is 0.564. The van der Waals surface area contributed by atoms with Crippen molar-refractivity contribution in [2.24, 2.45) is 0 Å². The molecule has 186 valence electrons. The summed E-state index contributed by atoms with van der Waals surface area (Å²) in [6, 6.07) is 6.95. The first-order chi connectivity index (χ1) is 16.6. The second-order valence-corrected chi connectivity index (χ2v) is 10.2. The predicted octanol–water partition coefficient (Wildman–Crippen LogP) is 1.91. The fourth-order valence-corrected chi connectivity index (χ4v) is 4.69. The molecule has 1 N–H and O–H groups in total. The Bertz CT molecular complexity index is 1400. The summed E-state index contributed by atoms with van der Waals surface area (Å²) < 4.78 is 51.6. The number of ether oxygens (including phenoxy) is 2. The zero-order valence-electron chi connectivity index (χ0n) is 19.4. The number of carbonyl (C=O) groups is 2. The zero-order valence-corrected chi connectivity index (χ0v) is 20.3. The van der Waals surface area contributed by atoms with E-state index in [2.05, 4.69) is 10.3 Å². The fourth-order valence-electron chi connectivity index (χ4n) is 4.06. The summed E-state index contributed by atoms with van der Waals surface area (Å²) in [6.45, 7) is 0.953. The van der Waals surface area contributed by atoms with Crippen LogP contribution in [-0.4, -0.2) is 80.9 Å². The highest BCUT2D eigenvalue weighted by Crippen LogP contribution is 2.30. The van der Waals surface area contributed by atoms with Crippen LogP contribution in [0.5, 0.6) is 0 Å². The van der Waals surface area contributed by atoms with Gasteiger partial charge in [0, 0.05) is 49.7 Å². The van der Waals surface area contributed by atoms with Crippen LogP contribution in [0, 0.1) is 5.82 Å². The van der Waals surface area contributed by atoms with Gasteiger partial charge in [0.15, 0.2) is 9.84 Å². The molecule has 1 aliphatic heterocycles. The van der Waals surface area contributed by atoms with Gasteiger partial charge in [0.05, 0.1) is 42.6 Å². The van der Waals surface area contributed by atoms with E-state index in [-0.39, 0.29) is 34.7 Å². The third kappa shape index (κ3) is 4.98. The minimum Gasteiger partial charge on any atom is -0.453 e. The van der Waals surface area contributed by atoms with Gasteiger partial charge in [-0.2, -0.15) is 0 Å². The maximum atomic E-state index is 15.2. The van der Waals surface area contributed by atoms with Crippen LogP contribution < -0.4 is 5.32 Å². The molecular weight excluding hydrogens is 479 g/mol. The molecule has 35 heavy (non-hydrogen) atoms. The van der Waals surface area contributed by atoms with Gasteiger partial charge in [-0.1, -0.05) is 0 Å². The molecule has 0 spiro atoms. The number of amides is 2. The van der Waals surface area contributed by atoms with Crippen molar-refractivity contribution in [1.82, 2.24) is 19.6 Å². The number of carbonyl (C=O) groups excluding carboxylic acids is 2. The zero-order chi connectivity index (χ0) is 25.3. The van der Waals surface area contributed by atoms with Crippen molar-refractivity contribution in [3.63, 3.8) is 0 Å². The highest BCUT2D eigenvalue weighted by atomic mass is 32.2. The largest absolute Gasteiger partial charge is 0.453 e. The Kier molecular flexibility index (Phi) is 6.77. The number of benzene rings is 1. The Morgan fingerprint density at radius 2 is 2.06 bits per heavy atom. The lowest BCUT2D eigenvalue weighted by Crippen LogP contribution is -2.46. The maximum absolute atomic E-state index is 15.2. The van der Waals surface area contributed by atoms with Gasteiger partial charge in [-0.15, -0.1) is 0 Å². The van der Waals surface area contributed by atoms with Gasteiger partial charge in [0.25, 0.3) is 5.91 Å². The summed E-state index contributed by atoms with van der Waals surface area (Å²) in [4.78, 5) is 30.1. The van der Waals surface area contributed by atoms with Crippen LogP contribution >= 0.6 is 0 Å². The lowest BCUT2D eigenvalue weighted by atomic mass is 10.0. The molecule has 3 heterocycles. The summed E-state index contributed by atoms with van der Waals surface area (Å²) in [6.07, 6.45) is 2.03. The van der Waals surface area contributed by atoms with E-state index in [1.54, 1.807) is 10.6 Å². The van der Waals surface area contributed by atoms with E-state index in [0.717, 1.165) is 12.3 Å². The van der Waals surface area contributed by atoms with Gasteiger partial charge in [-0.05, 0) is 24.3 Å². The number of aromatic nitrogens is 2. The molecule has 4 rings (SSSR count). The number of pyridine rings is 1. The van der Waals surface area contributed by atoms with E-state index in [0.29, 0.717) is 24.5 Å². The monoisotopic (exact) mass is 504 g/mol. The van der Waals surface area contributed by atoms with Crippen LogP contribution in [-0.2, 0) is 25.7 Å². The number of nitrogens with one attached hydrogen (secondary N) is 1.